The van der Waals surface area contributed by atoms with Gasteiger partial charge in [-0.25, -0.2) is 10.2 Å². The average Bonchev–Trinajstić information content (AvgIpc) is 3.42. The third-order valence-electron chi connectivity index (χ3n) is 5.79. The summed E-state index contributed by atoms with van der Waals surface area (Å²) in [7, 11) is 0. The minimum Gasteiger partial charge on any atom is -0.467 e. The fourth-order valence-electron chi connectivity index (χ4n) is 4.24. The van der Waals surface area contributed by atoms with Crippen molar-refractivity contribution in [3.8, 4) is 0 Å². The highest BCUT2D eigenvalue weighted by atomic mass is 35.5. The molecular weight excluding hydrogens is 406 g/mol. The number of hydrogen-bond donors (Lipinski definition) is 3. The van der Waals surface area contributed by atoms with Gasteiger partial charge in [0, 0.05) is 30.1 Å². The first-order valence-corrected chi connectivity index (χ1v) is 10.4. The summed E-state index contributed by atoms with van der Waals surface area (Å²) in [6, 6.07) is 11.0. The Morgan fingerprint density at radius 1 is 1.27 bits per heavy atom. The van der Waals surface area contributed by atoms with Crippen LogP contribution in [0, 0.1) is 0 Å². The second-order valence-electron chi connectivity index (χ2n) is 7.64. The van der Waals surface area contributed by atoms with E-state index >= 15 is 0 Å². The number of hydrogen-bond acceptors (Lipinski definition) is 5. The SMILES string of the molecule is O=C(NCc1ccco1)N1CCC2=C(C1)C(=O)N1NC(c3ccccc3Cl)CC1N2. The minimum atomic E-state index is -0.212. The largest absolute Gasteiger partial charge is 0.467 e. The second-order valence-corrected chi connectivity index (χ2v) is 8.05. The lowest BCUT2D eigenvalue weighted by Crippen LogP contribution is -2.57. The normalized spacial score (nSPS) is 23.2. The van der Waals surface area contributed by atoms with E-state index in [2.05, 4.69) is 16.1 Å². The van der Waals surface area contributed by atoms with Crippen LogP contribution >= 0.6 is 11.6 Å². The van der Waals surface area contributed by atoms with Crippen molar-refractivity contribution >= 4 is 23.5 Å². The molecule has 3 aliphatic heterocycles. The van der Waals surface area contributed by atoms with Crippen LogP contribution in [0.3, 0.4) is 0 Å². The molecule has 1 aromatic carbocycles. The van der Waals surface area contributed by atoms with E-state index in [1.54, 1.807) is 28.3 Å². The van der Waals surface area contributed by atoms with E-state index in [4.69, 9.17) is 16.0 Å². The zero-order chi connectivity index (χ0) is 20.7. The number of nitrogens with one attached hydrogen (secondary N) is 3. The highest BCUT2D eigenvalue weighted by Gasteiger charge is 2.43. The molecule has 156 valence electrons. The van der Waals surface area contributed by atoms with Crippen LogP contribution in [0.25, 0.3) is 0 Å². The van der Waals surface area contributed by atoms with Gasteiger partial charge in [-0.15, -0.1) is 0 Å². The van der Waals surface area contributed by atoms with Gasteiger partial charge in [0.05, 0.1) is 31.0 Å². The van der Waals surface area contributed by atoms with Gasteiger partial charge in [-0.2, -0.15) is 0 Å². The Hall–Kier alpha value is -2.97. The molecule has 1 aromatic heterocycles. The predicted octanol–water partition coefficient (Wildman–Crippen LogP) is 2.51. The number of benzene rings is 1. The molecule has 0 aliphatic carbocycles. The molecule has 0 bridgehead atoms. The van der Waals surface area contributed by atoms with Gasteiger partial charge < -0.3 is 20.0 Å². The van der Waals surface area contributed by atoms with Crippen LogP contribution in [0.2, 0.25) is 5.02 Å². The Kier molecular flexibility index (Phi) is 4.88. The van der Waals surface area contributed by atoms with Crippen molar-refractivity contribution in [1.82, 2.24) is 26.0 Å². The maximum Gasteiger partial charge on any atom is 0.318 e. The summed E-state index contributed by atoms with van der Waals surface area (Å²) < 4.78 is 5.25. The quantitative estimate of drug-likeness (QED) is 0.700. The molecule has 1 saturated heterocycles. The van der Waals surface area contributed by atoms with Gasteiger partial charge in [0.1, 0.15) is 11.9 Å². The van der Waals surface area contributed by atoms with Gasteiger partial charge in [0.25, 0.3) is 5.91 Å². The van der Waals surface area contributed by atoms with Crippen LogP contribution in [-0.4, -0.2) is 41.1 Å². The van der Waals surface area contributed by atoms with Gasteiger partial charge in [0.15, 0.2) is 0 Å². The Bertz CT molecular complexity index is 1010. The number of carbonyl (C=O) groups is 2. The zero-order valence-corrected chi connectivity index (χ0v) is 17.0. The third-order valence-corrected chi connectivity index (χ3v) is 6.13. The van der Waals surface area contributed by atoms with Crippen LogP contribution in [0.15, 0.2) is 58.3 Å². The summed E-state index contributed by atoms with van der Waals surface area (Å²) in [4.78, 5) is 27.4. The number of carbonyl (C=O) groups excluding carboxylic acids is 2. The molecule has 2 unspecified atom stereocenters. The lowest BCUT2D eigenvalue weighted by Gasteiger charge is -2.39. The van der Waals surface area contributed by atoms with Crippen molar-refractivity contribution in [1.29, 1.82) is 0 Å². The van der Waals surface area contributed by atoms with E-state index < -0.39 is 0 Å². The lowest BCUT2D eigenvalue weighted by atomic mass is 10.0. The Morgan fingerprint density at radius 2 is 2.13 bits per heavy atom. The van der Waals surface area contributed by atoms with Crippen molar-refractivity contribution in [2.24, 2.45) is 0 Å². The minimum absolute atomic E-state index is 0.0470. The number of rotatable bonds is 3. The third kappa shape index (κ3) is 3.42. The number of furan rings is 1. The van der Waals surface area contributed by atoms with Gasteiger partial charge >= 0.3 is 6.03 Å². The van der Waals surface area contributed by atoms with E-state index in [9.17, 15) is 9.59 Å². The lowest BCUT2D eigenvalue weighted by molar-refractivity contribution is -0.133. The summed E-state index contributed by atoms with van der Waals surface area (Å²) in [5.41, 5.74) is 5.82. The summed E-state index contributed by atoms with van der Waals surface area (Å²) in [5, 5.41) is 8.64. The predicted molar refractivity (Wildman–Crippen MR) is 110 cm³/mol. The second kappa shape index (κ2) is 7.70. The topological polar surface area (TPSA) is 89.9 Å². The standard InChI is InChI=1S/C21H22ClN5O3/c22-16-6-2-1-5-14(16)18-10-19-24-17-7-8-26(12-15(17)20(28)27(19)25-18)21(29)23-11-13-4-3-9-30-13/h1-6,9,18-19,24-25H,7-8,10-12H2,(H,23,29). The van der Waals surface area contributed by atoms with Gasteiger partial charge in [0.2, 0.25) is 0 Å². The maximum atomic E-state index is 13.2. The van der Waals surface area contributed by atoms with E-state index in [1.807, 2.05) is 24.3 Å². The molecule has 0 spiro atoms. The summed E-state index contributed by atoms with van der Waals surface area (Å²) in [5.74, 6) is 0.595. The number of halogens is 1. The first-order valence-electron chi connectivity index (χ1n) is 9.98. The number of fused-ring (bicyclic) bond motifs is 1. The summed E-state index contributed by atoms with van der Waals surface area (Å²) in [6.07, 6.45) is 2.79. The number of hydrazine groups is 1. The molecule has 8 nitrogen and oxygen atoms in total. The van der Waals surface area contributed by atoms with Crippen molar-refractivity contribution in [3.63, 3.8) is 0 Å². The Balaban J connectivity index is 1.26. The first kappa shape index (κ1) is 19.0. The number of amides is 3. The highest BCUT2D eigenvalue weighted by molar-refractivity contribution is 6.31. The Morgan fingerprint density at radius 3 is 2.93 bits per heavy atom. The fourth-order valence-corrected chi connectivity index (χ4v) is 4.51. The molecule has 5 rings (SSSR count). The van der Waals surface area contributed by atoms with Crippen LogP contribution in [0.5, 0.6) is 0 Å². The van der Waals surface area contributed by atoms with Crippen molar-refractivity contribution in [3.05, 3.63) is 70.3 Å². The van der Waals surface area contributed by atoms with Crippen molar-refractivity contribution in [2.45, 2.75) is 31.6 Å². The van der Waals surface area contributed by atoms with Crippen LogP contribution in [-0.2, 0) is 11.3 Å². The molecule has 1 fully saturated rings. The monoisotopic (exact) mass is 427 g/mol. The van der Waals surface area contributed by atoms with Gasteiger partial charge in [-0.1, -0.05) is 29.8 Å². The fraction of sp³-hybridized carbons (Fsp3) is 0.333. The molecule has 9 heteroatoms. The molecule has 0 radical (unpaired) electrons. The van der Waals surface area contributed by atoms with E-state index in [0.29, 0.717) is 35.9 Å². The molecule has 2 atom stereocenters. The molecule has 3 N–H and O–H groups in total. The van der Waals surface area contributed by atoms with Crippen LogP contribution in [0.4, 0.5) is 4.79 Å². The van der Waals surface area contributed by atoms with Crippen molar-refractivity contribution < 1.29 is 14.0 Å². The molecular formula is C21H22ClN5O3. The molecule has 3 amide bonds. The average molecular weight is 428 g/mol. The highest BCUT2D eigenvalue weighted by Crippen LogP contribution is 2.35. The van der Waals surface area contributed by atoms with Crippen LogP contribution < -0.4 is 16.1 Å². The van der Waals surface area contributed by atoms with E-state index in [-0.39, 0.29) is 30.7 Å². The Labute approximate surface area is 178 Å². The summed E-state index contributed by atoms with van der Waals surface area (Å²) >= 11 is 6.35. The molecule has 3 aliphatic rings. The van der Waals surface area contributed by atoms with E-state index in [1.165, 1.54) is 0 Å². The first-order chi connectivity index (χ1) is 14.6. The van der Waals surface area contributed by atoms with Gasteiger partial charge in [-0.3, -0.25) is 9.80 Å². The van der Waals surface area contributed by atoms with Gasteiger partial charge in [-0.05, 0) is 23.8 Å². The number of nitrogens with zero attached hydrogens (tertiary/aromatic N) is 2. The summed E-state index contributed by atoms with van der Waals surface area (Å²) in [6.45, 7) is 1.14. The van der Waals surface area contributed by atoms with Crippen LogP contribution in [0.1, 0.15) is 30.2 Å². The maximum absolute atomic E-state index is 13.2. The molecule has 2 aromatic rings. The smallest absolute Gasteiger partial charge is 0.318 e. The van der Waals surface area contributed by atoms with Crippen molar-refractivity contribution in [2.75, 3.05) is 13.1 Å². The molecule has 0 saturated carbocycles. The molecule has 30 heavy (non-hydrogen) atoms. The zero-order valence-electron chi connectivity index (χ0n) is 16.2. The molecule has 4 heterocycles. The van der Waals surface area contributed by atoms with E-state index in [0.717, 1.165) is 17.7 Å². The number of urea groups is 1.